The molecule has 0 saturated carbocycles. The third kappa shape index (κ3) is 3.28. The van der Waals surface area contributed by atoms with Gasteiger partial charge >= 0.3 is 6.09 Å². The van der Waals surface area contributed by atoms with Crippen LogP contribution < -0.4 is 10.1 Å². The van der Waals surface area contributed by atoms with Crippen LogP contribution in [-0.4, -0.2) is 25.9 Å². The molecule has 0 radical (unpaired) electrons. The van der Waals surface area contributed by atoms with E-state index >= 15 is 0 Å². The summed E-state index contributed by atoms with van der Waals surface area (Å²) in [6.45, 7) is 3.74. The van der Waals surface area contributed by atoms with E-state index in [2.05, 4.69) is 18.0 Å². The van der Waals surface area contributed by atoms with Gasteiger partial charge < -0.3 is 14.8 Å². The molecule has 4 nitrogen and oxygen atoms in total. The van der Waals surface area contributed by atoms with Crippen LogP contribution in [-0.2, 0) is 17.6 Å². The second-order valence-corrected chi connectivity index (χ2v) is 4.57. The van der Waals surface area contributed by atoms with Gasteiger partial charge in [0.05, 0.1) is 7.11 Å². The SMILES string of the molecule is C=CCOC(=O)NC1CCc2cccc(OC)c2C1. The highest BCUT2D eigenvalue weighted by Gasteiger charge is 2.22. The largest absolute Gasteiger partial charge is 0.496 e. The van der Waals surface area contributed by atoms with E-state index in [1.165, 1.54) is 11.1 Å². The van der Waals surface area contributed by atoms with Crippen molar-refractivity contribution in [3.05, 3.63) is 42.0 Å². The first-order chi connectivity index (χ1) is 9.24. The molecule has 1 unspecified atom stereocenters. The highest BCUT2D eigenvalue weighted by molar-refractivity contribution is 5.67. The summed E-state index contributed by atoms with van der Waals surface area (Å²) in [5, 5.41) is 2.88. The Kier molecular flexibility index (Phi) is 4.44. The monoisotopic (exact) mass is 261 g/mol. The molecule has 1 atom stereocenters. The van der Waals surface area contributed by atoms with E-state index in [1.807, 2.05) is 12.1 Å². The number of aryl methyl sites for hydroxylation is 1. The van der Waals surface area contributed by atoms with Gasteiger partial charge in [-0.25, -0.2) is 4.79 Å². The van der Waals surface area contributed by atoms with Gasteiger partial charge in [0.25, 0.3) is 0 Å². The number of benzene rings is 1. The minimum Gasteiger partial charge on any atom is -0.496 e. The smallest absolute Gasteiger partial charge is 0.407 e. The first kappa shape index (κ1) is 13.5. The standard InChI is InChI=1S/C15H19NO3/c1-3-9-19-15(17)16-12-8-7-11-5-4-6-14(18-2)13(11)10-12/h3-6,12H,1,7-10H2,2H3,(H,16,17). The van der Waals surface area contributed by atoms with Crippen LogP contribution in [0.25, 0.3) is 0 Å². The minimum absolute atomic E-state index is 0.0983. The topological polar surface area (TPSA) is 47.6 Å². The summed E-state index contributed by atoms with van der Waals surface area (Å²) < 4.78 is 10.3. The lowest BCUT2D eigenvalue weighted by Gasteiger charge is -2.26. The van der Waals surface area contributed by atoms with E-state index in [-0.39, 0.29) is 18.7 Å². The molecule has 19 heavy (non-hydrogen) atoms. The van der Waals surface area contributed by atoms with E-state index in [0.717, 1.165) is 25.0 Å². The van der Waals surface area contributed by atoms with Crippen molar-refractivity contribution in [3.63, 3.8) is 0 Å². The molecule has 102 valence electrons. The zero-order valence-corrected chi connectivity index (χ0v) is 11.1. The molecule has 0 fully saturated rings. The predicted octanol–water partition coefficient (Wildman–Crippen LogP) is 2.46. The summed E-state index contributed by atoms with van der Waals surface area (Å²) in [7, 11) is 1.67. The molecule has 0 spiro atoms. The van der Waals surface area contributed by atoms with Gasteiger partial charge in [0, 0.05) is 6.04 Å². The molecular formula is C15H19NO3. The van der Waals surface area contributed by atoms with Crippen LogP contribution in [0.2, 0.25) is 0 Å². The quantitative estimate of drug-likeness (QED) is 0.847. The van der Waals surface area contributed by atoms with E-state index in [9.17, 15) is 4.79 Å². The summed E-state index contributed by atoms with van der Waals surface area (Å²) in [6, 6.07) is 6.17. The lowest BCUT2D eigenvalue weighted by atomic mass is 9.88. The number of methoxy groups -OCH3 is 1. The van der Waals surface area contributed by atoms with E-state index in [1.54, 1.807) is 13.2 Å². The molecule has 2 rings (SSSR count). The number of ether oxygens (including phenoxy) is 2. The molecule has 0 aliphatic heterocycles. The van der Waals surface area contributed by atoms with E-state index < -0.39 is 0 Å². The van der Waals surface area contributed by atoms with Gasteiger partial charge in [-0.05, 0) is 36.5 Å². The van der Waals surface area contributed by atoms with Crippen molar-refractivity contribution in [2.45, 2.75) is 25.3 Å². The van der Waals surface area contributed by atoms with Crippen molar-refractivity contribution in [1.29, 1.82) is 0 Å². The zero-order valence-electron chi connectivity index (χ0n) is 11.1. The van der Waals surface area contributed by atoms with Gasteiger partial charge in [0.15, 0.2) is 0 Å². The molecule has 1 aliphatic carbocycles. The maximum absolute atomic E-state index is 11.5. The van der Waals surface area contributed by atoms with Crippen LogP contribution in [0, 0.1) is 0 Å². The average Bonchev–Trinajstić information content (AvgIpc) is 2.44. The van der Waals surface area contributed by atoms with Crippen LogP contribution in [0.5, 0.6) is 5.75 Å². The first-order valence-corrected chi connectivity index (χ1v) is 6.43. The lowest BCUT2D eigenvalue weighted by Crippen LogP contribution is -2.39. The summed E-state index contributed by atoms with van der Waals surface area (Å²) in [5.41, 5.74) is 2.49. The number of nitrogens with one attached hydrogen (secondary N) is 1. The number of carbonyl (C=O) groups excluding carboxylic acids is 1. The van der Waals surface area contributed by atoms with Gasteiger partial charge in [-0.2, -0.15) is 0 Å². The highest BCUT2D eigenvalue weighted by atomic mass is 16.5. The molecule has 0 saturated heterocycles. The third-order valence-electron chi connectivity index (χ3n) is 3.32. The maximum Gasteiger partial charge on any atom is 0.407 e. The molecule has 0 heterocycles. The van der Waals surface area contributed by atoms with Gasteiger partial charge in [-0.1, -0.05) is 24.8 Å². The Hall–Kier alpha value is -1.97. The fourth-order valence-electron chi connectivity index (χ4n) is 2.41. The Labute approximate surface area is 113 Å². The van der Waals surface area contributed by atoms with E-state index in [0.29, 0.717) is 0 Å². The Bertz CT molecular complexity index is 456. The van der Waals surface area contributed by atoms with Crippen molar-refractivity contribution in [3.8, 4) is 5.75 Å². The molecule has 0 bridgehead atoms. The van der Waals surface area contributed by atoms with Crippen LogP contribution in [0.1, 0.15) is 17.5 Å². The van der Waals surface area contributed by atoms with Crippen LogP contribution >= 0.6 is 0 Å². The van der Waals surface area contributed by atoms with Gasteiger partial charge in [0.2, 0.25) is 0 Å². The second-order valence-electron chi connectivity index (χ2n) is 4.57. The number of hydrogen-bond acceptors (Lipinski definition) is 3. The highest BCUT2D eigenvalue weighted by Crippen LogP contribution is 2.29. The number of hydrogen-bond donors (Lipinski definition) is 1. The fraction of sp³-hybridized carbons (Fsp3) is 0.400. The Morgan fingerprint density at radius 1 is 1.58 bits per heavy atom. The molecule has 1 N–H and O–H groups in total. The predicted molar refractivity (Wildman–Crippen MR) is 73.5 cm³/mol. The summed E-state index contributed by atoms with van der Waals surface area (Å²) in [6.07, 6.45) is 3.81. The molecule has 1 aromatic rings. The Balaban J connectivity index is 2.01. The van der Waals surface area contributed by atoms with Gasteiger partial charge in [-0.15, -0.1) is 0 Å². The molecule has 1 amide bonds. The fourth-order valence-corrected chi connectivity index (χ4v) is 2.41. The van der Waals surface area contributed by atoms with E-state index in [4.69, 9.17) is 9.47 Å². The Morgan fingerprint density at radius 3 is 3.16 bits per heavy atom. The van der Waals surface area contributed by atoms with Crippen molar-refractivity contribution >= 4 is 6.09 Å². The van der Waals surface area contributed by atoms with Crippen LogP contribution in [0.3, 0.4) is 0 Å². The van der Waals surface area contributed by atoms with Gasteiger partial charge in [0.1, 0.15) is 12.4 Å². The van der Waals surface area contributed by atoms with Gasteiger partial charge in [-0.3, -0.25) is 0 Å². The number of alkyl carbamates (subject to hydrolysis) is 1. The first-order valence-electron chi connectivity index (χ1n) is 6.43. The lowest BCUT2D eigenvalue weighted by molar-refractivity contribution is 0.153. The minimum atomic E-state index is -0.386. The van der Waals surface area contributed by atoms with Crippen molar-refractivity contribution in [2.24, 2.45) is 0 Å². The molecule has 4 heteroatoms. The molecule has 0 aromatic heterocycles. The third-order valence-corrected chi connectivity index (χ3v) is 3.32. The molecule has 1 aromatic carbocycles. The summed E-state index contributed by atoms with van der Waals surface area (Å²) in [4.78, 5) is 11.5. The normalized spacial score (nSPS) is 17.2. The number of fused-ring (bicyclic) bond motifs is 1. The van der Waals surface area contributed by atoms with Crippen molar-refractivity contribution in [2.75, 3.05) is 13.7 Å². The zero-order chi connectivity index (χ0) is 13.7. The van der Waals surface area contributed by atoms with Crippen molar-refractivity contribution in [1.82, 2.24) is 5.32 Å². The van der Waals surface area contributed by atoms with Crippen molar-refractivity contribution < 1.29 is 14.3 Å². The Morgan fingerprint density at radius 2 is 2.42 bits per heavy atom. The van der Waals surface area contributed by atoms with Crippen LogP contribution in [0.15, 0.2) is 30.9 Å². The molecular weight excluding hydrogens is 242 g/mol. The summed E-state index contributed by atoms with van der Waals surface area (Å²) in [5.74, 6) is 0.892. The maximum atomic E-state index is 11.5. The van der Waals surface area contributed by atoms with Crippen LogP contribution in [0.4, 0.5) is 4.79 Å². The average molecular weight is 261 g/mol. The number of carbonyl (C=O) groups is 1. The summed E-state index contributed by atoms with van der Waals surface area (Å²) >= 11 is 0. The molecule has 1 aliphatic rings. The number of amides is 1. The second kappa shape index (κ2) is 6.27. The number of rotatable bonds is 4.